The first-order valence-electron chi connectivity index (χ1n) is 9.59. The first kappa shape index (κ1) is 19.8. The van der Waals surface area contributed by atoms with Gasteiger partial charge in [0.1, 0.15) is 16.5 Å². The second-order valence-corrected chi connectivity index (χ2v) is 8.26. The number of aromatic nitrogens is 3. The molecule has 0 aliphatic carbocycles. The van der Waals surface area contributed by atoms with Crippen molar-refractivity contribution in [1.82, 2.24) is 14.5 Å². The fraction of sp³-hybridized carbons (Fsp3) is 0.381. The summed E-state index contributed by atoms with van der Waals surface area (Å²) in [5.41, 5.74) is 1.46. The number of nitrogens with one attached hydrogen (secondary N) is 1. The predicted octanol–water partition coefficient (Wildman–Crippen LogP) is 4.89. The summed E-state index contributed by atoms with van der Waals surface area (Å²) < 4.78 is 21.1. The molecule has 0 spiro atoms. The lowest BCUT2D eigenvalue weighted by atomic mass is 9.94. The third-order valence-electron chi connectivity index (χ3n) is 5.01. The van der Waals surface area contributed by atoms with E-state index in [1.165, 1.54) is 12.1 Å². The third kappa shape index (κ3) is 4.41. The molecule has 1 atom stereocenters. The van der Waals surface area contributed by atoms with Gasteiger partial charge in [-0.05, 0) is 69.5 Å². The zero-order chi connectivity index (χ0) is 20.6. The molecular formula is C21H22ClFN4O2. The minimum absolute atomic E-state index is 0.130. The Morgan fingerprint density at radius 2 is 2.03 bits per heavy atom. The number of fused-ring (bicyclic) bond motifs is 1. The number of halogens is 2. The number of pyridine rings is 1. The summed E-state index contributed by atoms with van der Waals surface area (Å²) in [6.07, 6.45) is 2.97. The summed E-state index contributed by atoms with van der Waals surface area (Å²) in [6, 6.07) is 9.25. The Bertz CT molecular complexity index is 1050. The minimum Gasteiger partial charge on any atom is -0.372 e. The molecule has 6 nitrogen and oxygen atoms in total. The average Bonchev–Trinajstić information content (AvgIpc) is 2.98. The molecule has 0 saturated carbocycles. The maximum atomic E-state index is 13.4. The number of nitrogens with zero attached hydrogens (tertiary/aromatic N) is 3. The van der Waals surface area contributed by atoms with Gasteiger partial charge in [-0.1, -0.05) is 11.6 Å². The van der Waals surface area contributed by atoms with Gasteiger partial charge in [-0.3, -0.25) is 14.7 Å². The number of carbonyl (C=O) groups excluding carboxylic acids is 1. The van der Waals surface area contributed by atoms with E-state index in [1.54, 1.807) is 28.8 Å². The molecule has 1 aliphatic rings. The van der Waals surface area contributed by atoms with Crippen molar-refractivity contribution in [3.05, 3.63) is 47.4 Å². The summed E-state index contributed by atoms with van der Waals surface area (Å²) in [7, 11) is 0. The Kier molecular flexibility index (Phi) is 5.27. The van der Waals surface area contributed by atoms with Crippen LogP contribution < -0.4 is 5.32 Å². The Morgan fingerprint density at radius 1 is 1.28 bits per heavy atom. The van der Waals surface area contributed by atoms with Gasteiger partial charge in [0.2, 0.25) is 11.9 Å². The van der Waals surface area contributed by atoms with E-state index in [2.05, 4.69) is 15.3 Å². The maximum Gasteiger partial charge on any atom is 0.229 e. The standard InChI is InChI=1S/C21H22ClFN4O2/c1-21(2)11-3-4-15(29-21)12-18(28)26-20-24-16-9-10-17(22)25-19(16)27(20)14-7-5-13(23)6-8-14/h5-10,15H,3-4,11-12H2,1-2H3,(H,24,26,28)/t15-/m1/s1. The molecule has 1 saturated heterocycles. The monoisotopic (exact) mass is 416 g/mol. The van der Waals surface area contributed by atoms with Crippen molar-refractivity contribution in [1.29, 1.82) is 0 Å². The molecule has 3 heterocycles. The van der Waals surface area contributed by atoms with Gasteiger partial charge in [-0.15, -0.1) is 0 Å². The highest BCUT2D eigenvalue weighted by atomic mass is 35.5. The van der Waals surface area contributed by atoms with Gasteiger partial charge in [-0.2, -0.15) is 0 Å². The minimum atomic E-state index is -0.355. The molecule has 1 aliphatic heterocycles. The number of imidazole rings is 1. The summed E-state index contributed by atoms with van der Waals surface area (Å²) in [6.45, 7) is 4.08. The van der Waals surface area contributed by atoms with Crippen LogP contribution in [0, 0.1) is 5.82 Å². The SMILES string of the molecule is CC1(C)CCC[C@H](CC(=O)Nc2nc3ccc(Cl)nc3n2-c2ccc(F)cc2)O1. The number of ether oxygens (including phenoxy) is 1. The van der Waals surface area contributed by atoms with Crippen LogP contribution in [-0.2, 0) is 9.53 Å². The molecule has 0 unspecified atom stereocenters. The summed E-state index contributed by atoms with van der Waals surface area (Å²) in [5.74, 6) is -0.245. The van der Waals surface area contributed by atoms with E-state index < -0.39 is 0 Å². The molecular weight excluding hydrogens is 395 g/mol. The van der Waals surface area contributed by atoms with Crippen molar-refractivity contribution in [3.8, 4) is 5.69 Å². The van der Waals surface area contributed by atoms with Gasteiger partial charge < -0.3 is 4.74 Å². The zero-order valence-electron chi connectivity index (χ0n) is 16.3. The van der Waals surface area contributed by atoms with Gasteiger partial charge in [0.25, 0.3) is 0 Å². The van der Waals surface area contributed by atoms with Gasteiger partial charge in [-0.25, -0.2) is 14.4 Å². The second-order valence-electron chi connectivity index (χ2n) is 7.87. The van der Waals surface area contributed by atoms with Crippen molar-refractivity contribution < 1.29 is 13.9 Å². The smallest absolute Gasteiger partial charge is 0.229 e. The first-order valence-corrected chi connectivity index (χ1v) is 9.97. The van der Waals surface area contributed by atoms with E-state index in [4.69, 9.17) is 16.3 Å². The molecule has 1 N–H and O–H groups in total. The van der Waals surface area contributed by atoms with E-state index in [0.29, 0.717) is 28.0 Å². The van der Waals surface area contributed by atoms with Crippen LogP contribution in [0.15, 0.2) is 36.4 Å². The Labute approximate surface area is 173 Å². The van der Waals surface area contributed by atoms with Gasteiger partial charge in [0, 0.05) is 0 Å². The molecule has 1 fully saturated rings. The quantitative estimate of drug-likeness (QED) is 0.615. The molecule has 4 rings (SSSR count). The highest BCUT2D eigenvalue weighted by Gasteiger charge is 2.30. The fourth-order valence-corrected chi connectivity index (χ4v) is 3.85. The van der Waals surface area contributed by atoms with E-state index in [9.17, 15) is 9.18 Å². The largest absolute Gasteiger partial charge is 0.372 e. The predicted molar refractivity (Wildman–Crippen MR) is 110 cm³/mol. The average molecular weight is 417 g/mol. The van der Waals surface area contributed by atoms with Crippen LogP contribution in [0.1, 0.15) is 39.5 Å². The summed E-state index contributed by atoms with van der Waals surface area (Å²) in [4.78, 5) is 21.5. The Balaban J connectivity index is 1.63. The molecule has 8 heteroatoms. The number of rotatable bonds is 4. The van der Waals surface area contributed by atoms with Crippen molar-refractivity contribution in [2.24, 2.45) is 0 Å². The topological polar surface area (TPSA) is 69.0 Å². The number of amides is 1. The van der Waals surface area contributed by atoms with Crippen molar-refractivity contribution in [2.75, 3.05) is 5.32 Å². The number of carbonyl (C=O) groups is 1. The normalized spacial score (nSPS) is 18.7. The highest BCUT2D eigenvalue weighted by molar-refractivity contribution is 6.29. The lowest BCUT2D eigenvalue weighted by Crippen LogP contribution is -2.37. The van der Waals surface area contributed by atoms with Crippen LogP contribution in [-0.4, -0.2) is 32.1 Å². The second kappa shape index (κ2) is 7.72. The Morgan fingerprint density at radius 3 is 2.76 bits per heavy atom. The molecule has 152 valence electrons. The van der Waals surface area contributed by atoms with Crippen LogP contribution >= 0.6 is 11.6 Å². The zero-order valence-corrected chi connectivity index (χ0v) is 17.0. The maximum absolute atomic E-state index is 13.4. The molecule has 3 aromatic rings. The molecule has 29 heavy (non-hydrogen) atoms. The number of benzene rings is 1. The van der Waals surface area contributed by atoms with Crippen LogP contribution in [0.5, 0.6) is 0 Å². The Hall–Kier alpha value is -2.51. The lowest BCUT2D eigenvalue weighted by molar-refractivity contribution is -0.131. The van der Waals surface area contributed by atoms with E-state index >= 15 is 0 Å². The molecule has 0 bridgehead atoms. The van der Waals surface area contributed by atoms with E-state index in [1.807, 2.05) is 13.8 Å². The summed E-state index contributed by atoms with van der Waals surface area (Å²) in [5, 5.41) is 3.17. The van der Waals surface area contributed by atoms with E-state index in [-0.39, 0.29) is 29.9 Å². The molecule has 1 amide bonds. The number of anilines is 1. The lowest BCUT2D eigenvalue weighted by Gasteiger charge is -2.35. The van der Waals surface area contributed by atoms with Crippen LogP contribution in [0.2, 0.25) is 5.15 Å². The van der Waals surface area contributed by atoms with Crippen molar-refractivity contribution >= 4 is 34.6 Å². The number of hydrogen-bond donors (Lipinski definition) is 1. The molecule has 1 aromatic carbocycles. The van der Waals surface area contributed by atoms with Gasteiger partial charge >= 0.3 is 0 Å². The van der Waals surface area contributed by atoms with Crippen molar-refractivity contribution in [2.45, 2.75) is 51.2 Å². The first-order chi connectivity index (χ1) is 13.8. The third-order valence-corrected chi connectivity index (χ3v) is 5.22. The van der Waals surface area contributed by atoms with Crippen LogP contribution in [0.4, 0.5) is 10.3 Å². The van der Waals surface area contributed by atoms with Crippen LogP contribution in [0.25, 0.3) is 16.9 Å². The highest BCUT2D eigenvalue weighted by Crippen LogP contribution is 2.30. The fourth-order valence-electron chi connectivity index (χ4n) is 3.70. The van der Waals surface area contributed by atoms with E-state index in [0.717, 1.165) is 19.3 Å². The molecule has 2 aromatic heterocycles. The summed E-state index contributed by atoms with van der Waals surface area (Å²) >= 11 is 6.06. The molecule has 0 radical (unpaired) electrons. The van der Waals surface area contributed by atoms with Gasteiger partial charge in [0.15, 0.2) is 5.65 Å². The van der Waals surface area contributed by atoms with Crippen molar-refractivity contribution in [3.63, 3.8) is 0 Å². The van der Waals surface area contributed by atoms with Crippen LogP contribution in [0.3, 0.4) is 0 Å². The number of hydrogen-bond acceptors (Lipinski definition) is 4. The van der Waals surface area contributed by atoms with Gasteiger partial charge in [0.05, 0.1) is 23.8 Å².